The van der Waals surface area contributed by atoms with E-state index < -0.39 is 12.0 Å². The minimum Gasteiger partial charge on any atom is -0.480 e. The molecule has 1 amide bonds. The molecule has 6 nitrogen and oxygen atoms in total. The molecule has 2 heterocycles. The van der Waals surface area contributed by atoms with Crippen LogP contribution in [0.2, 0.25) is 0 Å². The summed E-state index contributed by atoms with van der Waals surface area (Å²) in [4.78, 5) is 29.1. The Morgan fingerprint density at radius 2 is 2.15 bits per heavy atom. The van der Waals surface area contributed by atoms with Gasteiger partial charge in [0.05, 0.1) is 0 Å². The monoisotopic (exact) mass is 277 g/mol. The number of hydrogen-bond acceptors (Lipinski definition) is 4. The number of aromatic nitrogens is 1. The molecule has 2 rings (SSSR count). The van der Waals surface area contributed by atoms with Crippen molar-refractivity contribution in [1.29, 1.82) is 0 Å². The van der Waals surface area contributed by atoms with Crippen molar-refractivity contribution in [3.63, 3.8) is 0 Å². The molecule has 0 aromatic carbocycles. The Morgan fingerprint density at radius 1 is 1.45 bits per heavy atom. The quantitative estimate of drug-likeness (QED) is 0.854. The number of hydrogen-bond donors (Lipinski definition) is 2. The van der Waals surface area contributed by atoms with Crippen LogP contribution in [0, 0.1) is 0 Å². The summed E-state index contributed by atoms with van der Waals surface area (Å²) in [5, 5.41) is 11.9. The molecule has 1 atom stereocenters. The van der Waals surface area contributed by atoms with Crippen LogP contribution >= 0.6 is 0 Å². The van der Waals surface area contributed by atoms with Crippen molar-refractivity contribution >= 4 is 17.7 Å². The predicted molar refractivity (Wildman–Crippen MR) is 74.7 cm³/mol. The number of pyridine rings is 1. The highest BCUT2D eigenvalue weighted by atomic mass is 16.4. The zero-order valence-corrected chi connectivity index (χ0v) is 11.5. The summed E-state index contributed by atoms with van der Waals surface area (Å²) in [7, 11) is 0. The molecule has 0 radical (unpaired) electrons. The Bertz CT molecular complexity index is 498. The molecule has 2 N–H and O–H groups in total. The highest BCUT2D eigenvalue weighted by Gasteiger charge is 2.20. The normalized spacial score (nSPS) is 15.9. The molecule has 108 valence electrons. The van der Waals surface area contributed by atoms with Crippen LogP contribution in [0.1, 0.15) is 36.5 Å². The first-order valence-electron chi connectivity index (χ1n) is 6.86. The number of carboxylic acids is 1. The van der Waals surface area contributed by atoms with Gasteiger partial charge >= 0.3 is 5.97 Å². The third-order valence-electron chi connectivity index (χ3n) is 3.43. The van der Waals surface area contributed by atoms with Crippen LogP contribution in [0.3, 0.4) is 0 Å². The van der Waals surface area contributed by atoms with E-state index in [1.165, 1.54) is 6.20 Å². The summed E-state index contributed by atoms with van der Waals surface area (Å²) >= 11 is 0. The van der Waals surface area contributed by atoms with Crippen molar-refractivity contribution in [3.8, 4) is 0 Å². The molecule has 1 unspecified atom stereocenters. The summed E-state index contributed by atoms with van der Waals surface area (Å²) in [5.74, 6) is -0.522. The molecule has 0 spiro atoms. The van der Waals surface area contributed by atoms with Gasteiger partial charge in [0, 0.05) is 24.8 Å². The van der Waals surface area contributed by atoms with E-state index >= 15 is 0 Å². The van der Waals surface area contributed by atoms with Crippen molar-refractivity contribution in [1.82, 2.24) is 9.88 Å². The molecular weight excluding hydrogens is 258 g/mol. The Hall–Kier alpha value is -2.11. The van der Waals surface area contributed by atoms with Gasteiger partial charge in [-0.05, 0) is 31.4 Å². The molecule has 6 heteroatoms. The average Bonchev–Trinajstić information content (AvgIpc) is 2.98. The average molecular weight is 277 g/mol. The molecule has 0 saturated carbocycles. The number of likely N-dealkylation sites (tertiary alicyclic amines) is 1. The predicted octanol–water partition coefficient (Wildman–Crippen LogP) is 1.59. The molecule has 1 saturated heterocycles. The van der Waals surface area contributed by atoms with Crippen LogP contribution in [0.15, 0.2) is 18.3 Å². The minimum atomic E-state index is -0.925. The molecular formula is C14H19N3O3. The fraction of sp³-hybridized carbons (Fsp3) is 0.500. The first-order chi connectivity index (χ1) is 9.61. The lowest BCUT2D eigenvalue weighted by atomic mass is 10.2. The lowest BCUT2D eigenvalue weighted by Gasteiger charge is -2.17. The lowest BCUT2D eigenvalue weighted by Crippen LogP contribution is -2.30. The molecule has 1 fully saturated rings. The first kappa shape index (κ1) is 14.3. The highest BCUT2D eigenvalue weighted by Crippen LogP contribution is 2.15. The van der Waals surface area contributed by atoms with Gasteiger partial charge in [0.25, 0.3) is 5.91 Å². The van der Waals surface area contributed by atoms with E-state index in [4.69, 9.17) is 5.11 Å². The maximum Gasteiger partial charge on any atom is 0.326 e. The van der Waals surface area contributed by atoms with Crippen LogP contribution in [0.4, 0.5) is 5.82 Å². The molecule has 1 aliphatic rings. The van der Waals surface area contributed by atoms with Crippen LogP contribution in [0.5, 0.6) is 0 Å². The number of aliphatic carboxylic acids is 1. The Balaban J connectivity index is 2.11. The Morgan fingerprint density at radius 3 is 2.75 bits per heavy atom. The van der Waals surface area contributed by atoms with E-state index in [0.717, 1.165) is 25.9 Å². The van der Waals surface area contributed by atoms with Crippen molar-refractivity contribution in [2.45, 2.75) is 32.2 Å². The fourth-order valence-corrected chi connectivity index (χ4v) is 2.26. The second kappa shape index (κ2) is 6.36. The molecule has 1 aromatic heterocycles. The van der Waals surface area contributed by atoms with E-state index in [0.29, 0.717) is 17.8 Å². The van der Waals surface area contributed by atoms with Crippen molar-refractivity contribution in [2.24, 2.45) is 0 Å². The van der Waals surface area contributed by atoms with Gasteiger partial charge in [-0.1, -0.05) is 6.92 Å². The SMILES string of the molecule is CCC(Nc1cc(C(=O)N2CCCC2)ccn1)C(=O)O. The van der Waals surface area contributed by atoms with Gasteiger partial charge in [-0.25, -0.2) is 9.78 Å². The number of rotatable bonds is 5. The van der Waals surface area contributed by atoms with Crippen molar-refractivity contribution in [2.75, 3.05) is 18.4 Å². The first-order valence-corrected chi connectivity index (χ1v) is 6.86. The maximum absolute atomic E-state index is 12.2. The molecule has 1 aliphatic heterocycles. The molecule has 20 heavy (non-hydrogen) atoms. The van der Waals surface area contributed by atoms with E-state index in [2.05, 4.69) is 10.3 Å². The number of amides is 1. The van der Waals surface area contributed by atoms with Gasteiger partial charge in [0.2, 0.25) is 0 Å². The standard InChI is InChI=1S/C14H19N3O3/c1-2-11(14(19)20)16-12-9-10(5-6-15-12)13(18)17-7-3-4-8-17/h5-6,9,11H,2-4,7-8H2,1H3,(H,15,16)(H,19,20). The van der Waals surface area contributed by atoms with E-state index in [-0.39, 0.29) is 5.91 Å². The van der Waals surface area contributed by atoms with Gasteiger partial charge in [-0.2, -0.15) is 0 Å². The van der Waals surface area contributed by atoms with Crippen molar-refractivity contribution in [3.05, 3.63) is 23.9 Å². The van der Waals surface area contributed by atoms with Gasteiger partial charge in [-0.3, -0.25) is 4.79 Å². The number of nitrogens with zero attached hydrogens (tertiary/aromatic N) is 2. The molecule has 1 aromatic rings. The second-order valence-electron chi connectivity index (χ2n) is 4.87. The molecule has 0 bridgehead atoms. The topological polar surface area (TPSA) is 82.5 Å². The van der Waals surface area contributed by atoms with Crippen LogP contribution in [-0.2, 0) is 4.79 Å². The highest BCUT2D eigenvalue weighted by molar-refractivity contribution is 5.95. The lowest BCUT2D eigenvalue weighted by molar-refractivity contribution is -0.137. The third-order valence-corrected chi connectivity index (χ3v) is 3.43. The van der Waals surface area contributed by atoms with Crippen LogP contribution in [0.25, 0.3) is 0 Å². The van der Waals surface area contributed by atoms with Crippen molar-refractivity contribution < 1.29 is 14.7 Å². The minimum absolute atomic E-state index is 0.0173. The van der Waals surface area contributed by atoms with Gasteiger partial charge in [-0.15, -0.1) is 0 Å². The third kappa shape index (κ3) is 3.26. The van der Waals surface area contributed by atoms with Crippen LogP contribution < -0.4 is 5.32 Å². The van der Waals surface area contributed by atoms with Gasteiger partial charge < -0.3 is 15.3 Å². The number of carboxylic acid groups (broad SMARTS) is 1. The summed E-state index contributed by atoms with van der Waals surface area (Å²) in [6.45, 7) is 3.36. The number of carbonyl (C=O) groups excluding carboxylic acids is 1. The summed E-state index contributed by atoms with van der Waals surface area (Å²) in [6.07, 6.45) is 4.05. The Kier molecular flexibility index (Phi) is 4.55. The second-order valence-corrected chi connectivity index (χ2v) is 4.87. The van der Waals surface area contributed by atoms with E-state index in [1.54, 1.807) is 19.1 Å². The maximum atomic E-state index is 12.2. The van der Waals surface area contributed by atoms with E-state index in [9.17, 15) is 9.59 Å². The van der Waals surface area contributed by atoms with Crippen LogP contribution in [-0.4, -0.2) is 46.0 Å². The Labute approximate surface area is 117 Å². The summed E-state index contributed by atoms with van der Waals surface area (Å²) < 4.78 is 0. The van der Waals surface area contributed by atoms with Gasteiger partial charge in [0.15, 0.2) is 0 Å². The largest absolute Gasteiger partial charge is 0.480 e. The van der Waals surface area contributed by atoms with Gasteiger partial charge in [0.1, 0.15) is 11.9 Å². The fourth-order valence-electron chi connectivity index (χ4n) is 2.26. The van der Waals surface area contributed by atoms with E-state index in [1.807, 2.05) is 4.90 Å². The molecule has 0 aliphatic carbocycles. The zero-order valence-electron chi connectivity index (χ0n) is 11.5. The number of carbonyl (C=O) groups is 2. The summed E-state index contributed by atoms with van der Waals surface area (Å²) in [6, 6.07) is 2.58. The number of nitrogens with one attached hydrogen (secondary N) is 1. The summed E-state index contributed by atoms with van der Waals surface area (Å²) in [5.41, 5.74) is 0.546. The number of anilines is 1. The smallest absolute Gasteiger partial charge is 0.326 e. The zero-order chi connectivity index (χ0) is 14.5.